The van der Waals surface area contributed by atoms with E-state index in [0.717, 1.165) is 32.1 Å². The van der Waals surface area contributed by atoms with E-state index in [2.05, 4.69) is 6.92 Å². The van der Waals surface area contributed by atoms with Gasteiger partial charge in [-0.05, 0) is 38.5 Å². The molecular formula is C14H29NO3S. The molecule has 0 aromatic carbocycles. The van der Waals surface area contributed by atoms with Gasteiger partial charge >= 0.3 is 0 Å². The Kier molecular flexibility index (Phi) is 6.77. The maximum absolute atomic E-state index is 11.7. The molecule has 114 valence electrons. The molecule has 0 radical (unpaired) electrons. The Morgan fingerprint density at radius 2 is 2.00 bits per heavy atom. The van der Waals surface area contributed by atoms with Crippen molar-refractivity contribution in [2.45, 2.75) is 69.8 Å². The van der Waals surface area contributed by atoms with Crippen molar-refractivity contribution in [1.29, 1.82) is 0 Å². The third-order valence-corrected chi connectivity index (χ3v) is 5.84. The number of ether oxygens (including phenoxy) is 1. The predicted octanol–water partition coefficient (Wildman–Crippen LogP) is 2.12. The second kappa shape index (κ2) is 7.60. The minimum atomic E-state index is -2.94. The lowest BCUT2D eigenvalue weighted by Crippen LogP contribution is -2.46. The van der Waals surface area contributed by atoms with Crippen molar-refractivity contribution in [2.24, 2.45) is 11.7 Å². The van der Waals surface area contributed by atoms with Crippen molar-refractivity contribution in [3.8, 4) is 0 Å². The molecule has 4 unspecified atom stereocenters. The molecule has 1 aliphatic rings. The Hall–Kier alpha value is -0.130. The van der Waals surface area contributed by atoms with E-state index in [9.17, 15) is 8.42 Å². The third kappa shape index (κ3) is 5.04. The van der Waals surface area contributed by atoms with Gasteiger partial charge in [-0.3, -0.25) is 0 Å². The van der Waals surface area contributed by atoms with Crippen LogP contribution < -0.4 is 5.73 Å². The fourth-order valence-corrected chi connectivity index (χ4v) is 4.30. The maximum atomic E-state index is 11.7. The van der Waals surface area contributed by atoms with Crippen LogP contribution in [0.5, 0.6) is 0 Å². The summed E-state index contributed by atoms with van der Waals surface area (Å²) >= 11 is 0. The molecule has 1 aliphatic carbocycles. The number of rotatable bonds is 7. The van der Waals surface area contributed by atoms with E-state index in [1.54, 1.807) is 0 Å². The van der Waals surface area contributed by atoms with Gasteiger partial charge in [0.15, 0.2) is 0 Å². The van der Waals surface area contributed by atoms with Crippen molar-refractivity contribution in [3.05, 3.63) is 0 Å². The van der Waals surface area contributed by atoms with Gasteiger partial charge in [-0.15, -0.1) is 0 Å². The molecule has 0 aromatic heterocycles. The van der Waals surface area contributed by atoms with Crippen LogP contribution in [0.2, 0.25) is 0 Å². The minimum Gasteiger partial charge on any atom is -0.377 e. The number of hydrogen-bond donors (Lipinski definition) is 1. The highest BCUT2D eigenvalue weighted by Gasteiger charge is 2.34. The van der Waals surface area contributed by atoms with Crippen LogP contribution in [-0.2, 0) is 14.6 Å². The van der Waals surface area contributed by atoms with Crippen molar-refractivity contribution in [3.63, 3.8) is 0 Å². The summed E-state index contributed by atoms with van der Waals surface area (Å²) in [5, 5.41) is -0.207. The Bertz CT molecular complexity index is 350. The topological polar surface area (TPSA) is 69.4 Å². The van der Waals surface area contributed by atoms with Crippen molar-refractivity contribution < 1.29 is 13.2 Å². The van der Waals surface area contributed by atoms with E-state index in [1.807, 2.05) is 6.92 Å². The molecule has 0 aromatic rings. The molecule has 0 heterocycles. The minimum absolute atomic E-state index is 0.0375. The first-order chi connectivity index (χ1) is 8.90. The molecule has 1 fully saturated rings. The molecule has 0 bridgehead atoms. The monoisotopic (exact) mass is 291 g/mol. The average molecular weight is 291 g/mol. The Morgan fingerprint density at radius 3 is 2.53 bits per heavy atom. The molecule has 2 N–H and O–H groups in total. The molecule has 4 nitrogen and oxygen atoms in total. The summed E-state index contributed by atoms with van der Waals surface area (Å²) < 4.78 is 29.2. The zero-order valence-corrected chi connectivity index (χ0v) is 13.3. The van der Waals surface area contributed by atoms with Gasteiger partial charge in [-0.2, -0.15) is 0 Å². The Labute approximate surface area is 118 Å². The van der Waals surface area contributed by atoms with Gasteiger partial charge in [0.05, 0.1) is 11.4 Å². The van der Waals surface area contributed by atoms with Crippen LogP contribution in [0.4, 0.5) is 0 Å². The van der Waals surface area contributed by atoms with Crippen LogP contribution in [-0.4, -0.2) is 38.7 Å². The molecule has 4 atom stereocenters. The summed E-state index contributed by atoms with van der Waals surface area (Å²) in [5.41, 5.74) is 6.35. The van der Waals surface area contributed by atoms with Crippen LogP contribution in [0.3, 0.4) is 0 Å². The van der Waals surface area contributed by atoms with Gasteiger partial charge in [0.2, 0.25) is 0 Å². The van der Waals surface area contributed by atoms with E-state index in [0.29, 0.717) is 13.0 Å². The summed E-state index contributed by atoms with van der Waals surface area (Å²) in [7, 11) is -2.94. The molecule has 1 saturated carbocycles. The molecule has 0 spiro atoms. The summed E-state index contributed by atoms with van der Waals surface area (Å²) in [5.74, 6) is 0.275. The molecular weight excluding hydrogens is 262 g/mol. The summed E-state index contributed by atoms with van der Waals surface area (Å²) in [6, 6.07) is -0.0375. The van der Waals surface area contributed by atoms with Gasteiger partial charge in [-0.1, -0.05) is 19.8 Å². The van der Waals surface area contributed by atoms with Crippen LogP contribution in [0, 0.1) is 5.92 Å². The SMILES string of the molecule is CCCC(OCC)C(N)C1CCCC(S(C)(=O)=O)C1. The first-order valence-electron chi connectivity index (χ1n) is 7.46. The molecule has 5 heteroatoms. The molecule has 1 rings (SSSR count). The standard InChI is InChI=1S/C14H29NO3S/c1-4-7-13(18-5-2)14(15)11-8-6-9-12(10-11)19(3,16)17/h11-14H,4-10,15H2,1-3H3. The Morgan fingerprint density at radius 1 is 1.32 bits per heavy atom. The molecule has 0 aliphatic heterocycles. The van der Waals surface area contributed by atoms with Crippen molar-refractivity contribution >= 4 is 9.84 Å². The summed E-state index contributed by atoms with van der Waals surface area (Å²) in [6.07, 6.45) is 6.88. The lowest BCUT2D eigenvalue weighted by Gasteiger charge is -2.35. The van der Waals surface area contributed by atoms with E-state index >= 15 is 0 Å². The summed E-state index contributed by atoms with van der Waals surface area (Å²) in [6.45, 7) is 4.77. The van der Waals surface area contributed by atoms with Gasteiger partial charge in [0, 0.05) is 18.9 Å². The fraction of sp³-hybridized carbons (Fsp3) is 1.00. The molecule has 19 heavy (non-hydrogen) atoms. The van der Waals surface area contributed by atoms with Gasteiger partial charge < -0.3 is 10.5 Å². The maximum Gasteiger partial charge on any atom is 0.150 e. The average Bonchev–Trinajstić information content (AvgIpc) is 2.37. The highest BCUT2D eigenvalue weighted by atomic mass is 32.2. The van der Waals surface area contributed by atoms with Gasteiger partial charge in [0.25, 0.3) is 0 Å². The van der Waals surface area contributed by atoms with Crippen molar-refractivity contribution in [2.75, 3.05) is 12.9 Å². The lowest BCUT2D eigenvalue weighted by atomic mass is 9.81. The number of nitrogens with two attached hydrogens (primary N) is 1. The van der Waals surface area contributed by atoms with E-state index in [1.165, 1.54) is 6.26 Å². The van der Waals surface area contributed by atoms with E-state index in [4.69, 9.17) is 10.5 Å². The largest absolute Gasteiger partial charge is 0.377 e. The highest BCUT2D eigenvalue weighted by molar-refractivity contribution is 7.91. The zero-order chi connectivity index (χ0) is 14.5. The highest BCUT2D eigenvalue weighted by Crippen LogP contribution is 2.32. The van der Waals surface area contributed by atoms with Crippen molar-refractivity contribution in [1.82, 2.24) is 0 Å². The number of sulfone groups is 1. The second-order valence-corrected chi connectivity index (χ2v) is 8.06. The zero-order valence-electron chi connectivity index (χ0n) is 12.5. The molecule has 0 amide bonds. The van der Waals surface area contributed by atoms with Gasteiger partial charge in [-0.25, -0.2) is 8.42 Å². The second-order valence-electron chi connectivity index (χ2n) is 5.74. The van der Waals surface area contributed by atoms with E-state index < -0.39 is 9.84 Å². The smallest absolute Gasteiger partial charge is 0.150 e. The Balaban J connectivity index is 2.66. The number of hydrogen-bond acceptors (Lipinski definition) is 4. The van der Waals surface area contributed by atoms with Crippen LogP contribution in [0.15, 0.2) is 0 Å². The lowest BCUT2D eigenvalue weighted by molar-refractivity contribution is 0.0181. The quantitative estimate of drug-likeness (QED) is 0.780. The third-order valence-electron chi connectivity index (χ3n) is 4.20. The first-order valence-corrected chi connectivity index (χ1v) is 9.41. The van der Waals surface area contributed by atoms with E-state index in [-0.39, 0.29) is 23.3 Å². The fourth-order valence-electron chi connectivity index (χ4n) is 3.11. The van der Waals surface area contributed by atoms with Crippen LogP contribution >= 0.6 is 0 Å². The van der Waals surface area contributed by atoms with Crippen LogP contribution in [0.1, 0.15) is 52.4 Å². The molecule has 0 saturated heterocycles. The first kappa shape index (κ1) is 16.9. The normalized spacial score (nSPS) is 28.0. The van der Waals surface area contributed by atoms with Gasteiger partial charge in [0.1, 0.15) is 9.84 Å². The predicted molar refractivity (Wildman–Crippen MR) is 78.9 cm³/mol. The summed E-state index contributed by atoms with van der Waals surface area (Å²) in [4.78, 5) is 0. The van der Waals surface area contributed by atoms with Crippen LogP contribution in [0.25, 0.3) is 0 Å².